The smallest absolute Gasteiger partial charge is 0.345 e. The van der Waals surface area contributed by atoms with Gasteiger partial charge in [-0.25, -0.2) is 9.48 Å². The van der Waals surface area contributed by atoms with Crippen molar-refractivity contribution in [2.45, 2.75) is 31.8 Å². The van der Waals surface area contributed by atoms with Gasteiger partial charge in [-0.3, -0.25) is 9.36 Å². The van der Waals surface area contributed by atoms with Crippen LogP contribution in [0.4, 0.5) is 0 Å². The molecule has 2 fully saturated rings. The lowest BCUT2D eigenvalue weighted by Crippen LogP contribution is -2.38. The summed E-state index contributed by atoms with van der Waals surface area (Å²) in [5.41, 5.74) is -0.255. The predicted octanol–water partition coefficient (Wildman–Crippen LogP) is -0.503. The second kappa shape index (κ2) is 3.72. The summed E-state index contributed by atoms with van der Waals surface area (Å²) in [5, 5.41) is 6.84. The summed E-state index contributed by atoms with van der Waals surface area (Å²) in [5.74, 6) is 1.58. The van der Waals surface area contributed by atoms with E-state index in [-0.39, 0.29) is 18.1 Å². The number of carbonyl (C=O) groups is 1. The Morgan fingerprint density at radius 2 is 2.18 bits per heavy atom. The molecule has 2 saturated carbocycles. The highest BCUT2D eigenvalue weighted by Crippen LogP contribution is 2.51. The van der Waals surface area contributed by atoms with Crippen molar-refractivity contribution in [2.75, 3.05) is 0 Å². The van der Waals surface area contributed by atoms with Gasteiger partial charge in [0.15, 0.2) is 0 Å². The van der Waals surface area contributed by atoms with E-state index in [2.05, 4.69) is 10.4 Å². The van der Waals surface area contributed by atoms with Crippen molar-refractivity contribution in [3.63, 3.8) is 0 Å². The van der Waals surface area contributed by atoms with Crippen LogP contribution in [-0.4, -0.2) is 26.3 Å². The van der Waals surface area contributed by atoms with Crippen LogP contribution in [0, 0.1) is 11.8 Å². The molecule has 6 heteroatoms. The van der Waals surface area contributed by atoms with Crippen molar-refractivity contribution in [2.24, 2.45) is 18.9 Å². The van der Waals surface area contributed by atoms with Crippen molar-refractivity contribution >= 4 is 5.91 Å². The van der Waals surface area contributed by atoms with Crippen LogP contribution in [0.5, 0.6) is 0 Å². The molecular weight excluding hydrogens is 220 g/mol. The Morgan fingerprint density at radius 1 is 1.47 bits per heavy atom. The number of nitrogens with zero attached hydrogens (tertiary/aromatic N) is 3. The fourth-order valence-electron chi connectivity index (χ4n) is 2.77. The highest BCUT2D eigenvalue weighted by Gasteiger charge is 2.46. The van der Waals surface area contributed by atoms with Gasteiger partial charge in [0.1, 0.15) is 12.9 Å². The molecular formula is C11H16N4O2. The van der Waals surface area contributed by atoms with Gasteiger partial charge in [0.05, 0.1) is 0 Å². The molecule has 0 bridgehead atoms. The SMILES string of the molecule is Cn1cnn(CC(=O)NC2CC3CC3C2)c1=O. The van der Waals surface area contributed by atoms with Crippen LogP contribution < -0.4 is 11.0 Å². The molecule has 2 atom stereocenters. The van der Waals surface area contributed by atoms with Crippen LogP contribution in [0.2, 0.25) is 0 Å². The van der Waals surface area contributed by atoms with Gasteiger partial charge in [-0.2, -0.15) is 5.10 Å². The van der Waals surface area contributed by atoms with Gasteiger partial charge in [0, 0.05) is 13.1 Å². The van der Waals surface area contributed by atoms with Crippen LogP contribution in [-0.2, 0) is 18.4 Å². The third kappa shape index (κ3) is 1.99. The summed E-state index contributed by atoms with van der Waals surface area (Å²) in [6, 6.07) is 0.311. The molecule has 0 spiro atoms. The summed E-state index contributed by atoms with van der Waals surface area (Å²) in [6.45, 7) is 0.0194. The summed E-state index contributed by atoms with van der Waals surface area (Å²) >= 11 is 0. The standard InChI is InChI=1S/C11H16N4O2/c1-14-6-12-15(11(14)17)5-10(16)13-9-3-7-2-8(7)4-9/h6-9H,2-5H2,1H3,(H,13,16). The predicted molar refractivity (Wildman–Crippen MR) is 60.2 cm³/mol. The first-order chi connectivity index (χ1) is 8.13. The summed E-state index contributed by atoms with van der Waals surface area (Å²) < 4.78 is 2.54. The second-order valence-electron chi connectivity index (χ2n) is 5.17. The highest BCUT2D eigenvalue weighted by molar-refractivity contribution is 5.76. The number of hydrogen-bond donors (Lipinski definition) is 1. The largest absolute Gasteiger partial charge is 0.352 e. The Hall–Kier alpha value is -1.59. The summed E-state index contributed by atoms with van der Waals surface area (Å²) in [4.78, 5) is 23.2. The third-order valence-corrected chi connectivity index (χ3v) is 3.79. The number of fused-ring (bicyclic) bond motifs is 1. The quantitative estimate of drug-likeness (QED) is 0.769. The first-order valence-electron chi connectivity index (χ1n) is 6.01. The molecule has 0 aromatic carbocycles. The lowest BCUT2D eigenvalue weighted by molar-refractivity contribution is -0.122. The van der Waals surface area contributed by atoms with Gasteiger partial charge < -0.3 is 5.32 Å². The van der Waals surface area contributed by atoms with Gasteiger partial charge in [0.2, 0.25) is 5.91 Å². The van der Waals surface area contributed by atoms with Gasteiger partial charge in [-0.15, -0.1) is 0 Å². The molecule has 6 nitrogen and oxygen atoms in total. The fourth-order valence-corrected chi connectivity index (χ4v) is 2.77. The minimum absolute atomic E-state index is 0.0194. The molecule has 1 amide bonds. The average molecular weight is 236 g/mol. The van der Waals surface area contributed by atoms with Crippen molar-refractivity contribution in [1.29, 1.82) is 0 Å². The Labute approximate surface area is 98.6 Å². The van der Waals surface area contributed by atoms with Gasteiger partial charge in [-0.05, 0) is 31.1 Å². The number of nitrogens with one attached hydrogen (secondary N) is 1. The molecule has 0 aliphatic heterocycles. The van der Waals surface area contributed by atoms with E-state index in [9.17, 15) is 9.59 Å². The summed E-state index contributed by atoms with van der Waals surface area (Å²) in [6.07, 6.45) is 4.97. The number of aromatic nitrogens is 3. The van der Waals surface area contributed by atoms with E-state index in [1.807, 2.05) is 0 Å². The fraction of sp³-hybridized carbons (Fsp3) is 0.727. The van der Waals surface area contributed by atoms with Crippen LogP contribution in [0.25, 0.3) is 0 Å². The normalized spacial score (nSPS) is 30.1. The zero-order chi connectivity index (χ0) is 12.0. The van der Waals surface area contributed by atoms with E-state index in [1.165, 1.54) is 22.0 Å². The van der Waals surface area contributed by atoms with Crippen molar-refractivity contribution in [3.05, 3.63) is 16.8 Å². The Bertz CT molecular complexity index is 494. The molecule has 2 aliphatic carbocycles. The zero-order valence-electron chi connectivity index (χ0n) is 9.80. The Balaban J connectivity index is 1.56. The molecule has 0 radical (unpaired) electrons. The van der Waals surface area contributed by atoms with E-state index in [4.69, 9.17) is 0 Å². The number of hydrogen-bond acceptors (Lipinski definition) is 3. The monoisotopic (exact) mass is 236 g/mol. The zero-order valence-corrected chi connectivity index (χ0v) is 9.80. The first-order valence-corrected chi connectivity index (χ1v) is 6.01. The molecule has 92 valence electrons. The average Bonchev–Trinajstić information content (AvgIpc) is 2.78. The van der Waals surface area contributed by atoms with Gasteiger partial charge in [0.25, 0.3) is 0 Å². The van der Waals surface area contributed by atoms with E-state index < -0.39 is 0 Å². The molecule has 1 aromatic heterocycles. The number of amides is 1. The van der Waals surface area contributed by atoms with Crippen molar-refractivity contribution in [3.8, 4) is 0 Å². The minimum atomic E-state index is -0.255. The van der Waals surface area contributed by atoms with E-state index in [1.54, 1.807) is 7.05 Å². The van der Waals surface area contributed by atoms with Crippen LogP contribution in [0.15, 0.2) is 11.1 Å². The maximum absolute atomic E-state index is 11.7. The lowest BCUT2D eigenvalue weighted by Gasteiger charge is -2.13. The van der Waals surface area contributed by atoms with E-state index >= 15 is 0 Å². The van der Waals surface area contributed by atoms with Crippen molar-refractivity contribution < 1.29 is 4.79 Å². The molecule has 0 saturated heterocycles. The third-order valence-electron chi connectivity index (χ3n) is 3.79. The second-order valence-corrected chi connectivity index (χ2v) is 5.17. The molecule has 1 N–H and O–H groups in total. The van der Waals surface area contributed by atoms with Gasteiger partial charge >= 0.3 is 5.69 Å². The van der Waals surface area contributed by atoms with E-state index in [0.29, 0.717) is 6.04 Å². The van der Waals surface area contributed by atoms with Crippen molar-refractivity contribution in [1.82, 2.24) is 19.7 Å². The van der Waals surface area contributed by atoms with E-state index in [0.717, 1.165) is 24.7 Å². The van der Waals surface area contributed by atoms with Crippen LogP contribution in [0.1, 0.15) is 19.3 Å². The summed E-state index contributed by atoms with van der Waals surface area (Å²) in [7, 11) is 1.62. The number of aryl methyl sites for hydroxylation is 1. The Kier molecular flexibility index (Phi) is 2.31. The molecule has 1 heterocycles. The minimum Gasteiger partial charge on any atom is -0.352 e. The highest BCUT2D eigenvalue weighted by atomic mass is 16.2. The Morgan fingerprint density at radius 3 is 2.76 bits per heavy atom. The van der Waals surface area contributed by atoms with Crippen LogP contribution in [0.3, 0.4) is 0 Å². The number of rotatable bonds is 3. The molecule has 2 aliphatic rings. The first kappa shape index (κ1) is 10.6. The molecule has 1 aromatic rings. The number of carbonyl (C=O) groups excluding carboxylic acids is 1. The van der Waals surface area contributed by atoms with Crippen LogP contribution >= 0.6 is 0 Å². The molecule has 17 heavy (non-hydrogen) atoms. The molecule has 2 unspecified atom stereocenters. The lowest BCUT2D eigenvalue weighted by atomic mass is 10.1. The maximum Gasteiger partial charge on any atom is 0.345 e. The topological polar surface area (TPSA) is 68.9 Å². The van der Waals surface area contributed by atoms with Gasteiger partial charge in [-0.1, -0.05) is 0 Å². The maximum atomic E-state index is 11.7. The molecule has 3 rings (SSSR count).